The molecule has 142 valence electrons. The Labute approximate surface area is 160 Å². The van der Waals surface area contributed by atoms with Gasteiger partial charge in [-0.15, -0.1) is 0 Å². The van der Waals surface area contributed by atoms with E-state index >= 15 is 0 Å². The molecule has 0 atom stereocenters. The second kappa shape index (κ2) is 8.50. The standard InChI is InChI=1S/C21H24N2O3S/c1-2-3-4-8-11-19-20(16-12-14-18(15-13-16)27(22,24)25)21(23-26-19)17-9-6-5-7-10-17/h5-7,9-10,12-15H,2-4,8,11H2,1H3,(H2,22,24,25). The molecule has 27 heavy (non-hydrogen) atoms. The largest absolute Gasteiger partial charge is 0.360 e. The van der Waals surface area contributed by atoms with E-state index in [-0.39, 0.29) is 4.90 Å². The summed E-state index contributed by atoms with van der Waals surface area (Å²) in [7, 11) is -3.72. The Hall–Kier alpha value is -2.44. The molecule has 0 spiro atoms. The molecule has 6 heteroatoms. The number of aryl methyl sites for hydroxylation is 1. The zero-order chi connectivity index (χ0) is 19.3. The van der Waals surface area contributed by atoms with Crippen molar-refractivity contribution in [3.8, 4) is 22.4 Å². The number of rotatable bonds is 8. The normalized spacial score (nSPS) is 11.6. The molecule has 2 N–H and O–H groups in total. The van der Waals surface area contributed by atoms with Gasteiger partial charge in [-0.25, -0.2) is 13.6 Å². The SMILES string of the molecule is CCCCCCc1onc(-c2ccccc2)c1-c1ccc(S(N)(=O)=O)cc1. The van der Waals surface area contributed by atoms with Crippen LogP contribution in [0, 0.1) is 0 Å². The van der Waals surface area contributed by atoms with Gasteiger partial charge in [0, 0.05) is 12.0 Å². The Morgan fingerprint density at radius 1 is 0.926 bits per heavy atom. The number of sulfonamides is 1. The van der Waals surface area contributed by atoms with E-state index in [4.69, 9.17) is 9.66 Å². The fourth-order valence-electron chi connectivity index (χ4n) is 3.11. The summed E-state index contributed by atoms with van der Waals surface area (Å²) in [5, 5.41) is 9.53. The Morgan fingerprint density at radius 2 is 1.63 bits per heavy atom. The summed E-state index contributed by atoms with van der Waals surface area (Å²) in [6.07, 6.45) is 5.33. The van der Waals surface area contributed by atoms with Gasteiger partial charge in [0.1, 0.15) is 11.5 Å². The van der Waals surface area contributed by atoms with Crippen molar-refractivity contribution in [2.75, 3.05) is 0 Å². The third kappa shape index (κ3) is 4.64. The molecule has 0 unspecified atom stereocenters. The molecular formula is C21H24N2O3S. The van der Waals surface area contributed by atoms with Crippen LogP contribution in [-0.2, 0) is 16.4 Å². The van der Waals surface area contributed by atoms with Crippen LogP contribution in [0.25, 0.3) is 22.4 Å². The summed E-state index contributed by atoms with van der Waals surface area (Å²) in [4.78, 5) is 0.0912. The summed E-state index contributed by atoms with van der Waals surface area (Å²) >= 11 is 0. The van der Waals surface area contributed by atoms with Crippen molar-refractivity contribution in [2.24, 2.45) is 5.14 Å². The summed E-state index contributed by atoms with van der Waals surface area (Å²) in [5.41, 5.74) is 3.52. The molecule has 2 aromatic carbocycles. The Bertz CT molecular complexity index is 978. The lowest BCUT2D eigenvalue weighted by Crippen LogP contribution is -2.11. The summed E-state index contributed by atoms with van der Waals surface area (Å²) in [6, 6.07) is 16.4. The maximum Gasteiger partial charge on any atom is 0.238 e. The first-order valence-corrected chi connectivity index (χ1v) is 10.7. The first-order chi connectivity index (χ1) is 13.0. The van der Waals surface area contributed by atoms with Gasteiger partial charge in [-0.05, 0) is 24.1 Å². The lowest BCUT2D eigenvalue weighted by molar-refractivity contribution is 0.381. The van der Waals surface area contributed by atoms with E-state index in [0.717, 1.165) is 47.4 Å². The predicted molar refractivity (Wildman–Crippen MR) is 107 cm³/mol. The second-order valence-electron chi connectivity index (χ2n) is 6.58. The van der Waals surface area contributed by atoms with Gasteiger partial charge in [0.25, 0.3) is 0 Å². The first-order valence-electron chi connectivity index (χ1n) is 9.18. The molecule has 1 aromatic heterocycles. The Balaban J connectivity index is 2.01. The van der Waals surface area contributed by atoms with Crippen molar-refractivity contribution < 1.29 is 12.9 Å². The van der Waals surface area contributed by atoms with Crippen LogP contribution in [-0.4, -0.2) is 13.6 Å². The molecule has 0 aliphatic heterocycles. The number of nitrogens with two attached hydrogens (primary N) is 1. The summed E-state index contributed by atoms with van der Waals surface area (Å²) < 4.78 is 28.8. The smallest absolute Gasteiger partial charge is 0.238 e. The van der Waals surface area contributed by atoms with Gasteiger partial charge in [-0.3, -0.25) is 0 Å². The maximum absolute atomic E-state index is 11.5. The van der Waals surface area contributed by atoms with E-state index in [9.17, 15) is 8.42 Å². The average Bonchev–Trinajstić information content (AvgIpc) is 3.09. The van der Waals surface area contributed by atoms with E-state index in [2.05, 4.69) is 12.1 Å². The summed E-state index contributed by atoms with van der Waals surface area (Å²) in [5.74, 6) is 0.827. The van der Waals surface area contributed by atoms with Gasteiger partial charge in [-0.1, -0.05) is 73.8 Å². The predicted octanol–water partition coefficient (Wildman–Crippen LogP) is 4.78. The highest BCUT2D eigenvalue weighted by Gasteiger charge is 2.19. The van der Waals surface area contributed by atoms with Crippen molar-refractivity contribution in [1.82, 2.24) is 5.16 Å². The molecule has 5 nitrogen and oxygen atoms in total. The first kappa shape index (κ1) is 19.3. The van der Waals surface area contributed by atoms with Crippen molar-refractivity contribution >= 4 is 10.0 Å². The van der Waals surface area contributed by atoms with E-state index in [0.29, 0.717) is 0 Å². The van der Waals surface area contributed by atoms with Crippen LogP contribution in [0.15, 0.2) is 64.0 Å². The molecule has 3 aromatic rings. The Morgan fingerprint density at radius 3 is 2.26 bits per heavy atom. The highest BCUT2D eigenvalue weighted by atomic mass is 32.2. The Kier molecular flexibility index (Phi) is 6.08. The molecule has 0 amide bonds. The van der Waals surface area contributed by atoms with E-state index in [1.54, 1.807) is 12.1 Å². The lowest BCUT2D eigenvalue weighted by Gasteiger charge is -2.06. The van der Waals surface area contributed by atoms with Crippen LogP contribution < -0.4 is 5.14 Å². The van der Waals surface area contributed by atoms with Gasteiger partial charge < -0.3 is 4.52 Å². The summed E-state index contributed by atoms with van der Waals surface area (Å²) in [6.45, 7) is 2.18. The zero-order valence-corrected chi connectivity index (χ0v) is 16.2. The van der Waals surface area contributed by atoms with Crippen molar-refractivity contribution in [3.63, 3.8) is 0 Å². The van der Waals surface area contributed by atoms with E-state index < -0.39 is 10.0 Å². The number of nitrogens with zero attached hydrogens (tertiary/aromatic N) is 1. The van der Waals surface area contributed by atoms with Crippen LogP contribution in [0.3, 0.4) is 0 Å². The van der Waals surface area contributed by atoms with Gasteiger partial charge in [0.2, 0.25) is 10.0 Å². The number of unbranched alkanes of at least 4 members (excludes halogenated alkanes) is 3. The molecule has 0 fully saturated rings. The van der Waals surface area contributed by atoms with Crippen molar-refractivity contribution in [2.45, 2.75) is 43.9 Å². The molecule has 0 radical (unpaired) electrons. The molecule has 1 heterocycles. The van der Waals surface area contributed by atoms with Crippen LogP contribution in [0.5, 0.6) is 0 Å². The van der Waals surface area contributed by atoms with Gasteiger partial charge in [-0.2, -0.15) is 0 Å². The monoisotopic (exact) mass is 384 g/mol. The molecule has 0 saturated carbocycles. The van der Waals surface area contributed by atoms with Crippen LogP contribution in [0.2, 0.25) is 0 Å². The minimum Gasteiger partial charge on any atom is -0.360 e. The molecule has 0 aliphatic carbocycles. The molecular weight excluding hydrogens is 360 g/mol. The number of aromatic nitrogens is 1. The fraction of sp³-hybridized carbons (Fsp3) is 0.286. The van der Waals surface area contributed by atoms with Gasteiger partial charge >= 0.3 is 0 Å². The van der Waals surface area contributed by atoms with Crippen LogP contribution in [0.4, 0.5) is 0 Å². The minimum atomic E-state index is -3.72. The molecule has 0 saturated heterocycles. The topological polar surface area (TPSA) is 86.2 Å². The average molecular weight is 385 g/mol. The van der Waals surface area contributed by atoms with Gasteiger partial charge in [0.15, 0.2) is 0 Å². The third-order valence-electron chi connectivity index (χ3n) is 4.54. The van der Waals surface area contributed by atoms with Gasteiger partial charge in [0.05, 0.1) is 10.5 Å². The minimum absolute atomic E-state index is 0.0912. The number of benzene rings is 2. The quantitative estimate of drug-likeness (QED) is 0.566. The zero-order valence-electron chi connectivity index (χ0n) is 15.4. The molecule has 0 aliphatic rings. The third-order valence-corrected chi connectivity index (χ3v) is 5.47. The van der Waals surface area contributed by atoms with E-state index in [1.165, 1.54) is 25.0 Å². The van der Waals surface area contributed by atoms with Crippen molar-refractivity contribution in [3.05, 3.63) is 60.4 Å². The second-order valence-corrected chi connectivity index (χ2v) is 8.14. The fourth-order valence-corrected chi connectivity index (χ4v) is 3.62. The van der Waals surface area contributed by atoms with Crippen molar-refractivity contribution in [1.29, 1.82) is 0 Å². The number of hydrogen-bond donors (Lipinski definition) is 1. The highest BCUT2D eigenvalue weighted by Crippen LogP contribution is 2.35. The number of primary sulfonamides is 1. The maximum atomic E-state index is 11.5. The highest BCUT2D eigenvalue weighted by molar-refractivity contribution is 7.89. The lowest BCUT2D eigenvalue weighted by atomic mass is 9.97. The van der Waals surface area contributed by atoms with E-state index in [1.807, 2.05) is 30.3 Å². The van der Waals surface area contributed by atoms with Crippen LogP contribution in [0.1, 0.15) is 38.4 Å². The molecule has 3 rings (SSSR count). The molecule has 0 bridgehead atoms. The van der Waals surface area contributed by atoms with Crippen LogP contribution >= 0.6 is 0 Å². The number of hydrogen-bond acceptors (Lipinski definition) is 4.